The van der Waals surface area contributed by atoms with Crippen molar-refractivity contribution in [1.82, 2.24) is 10.2 Å². The first kappa shape index (κ1) is 12.7. The summed E-state index contributed by atoms with van der Waals surface area (Å²) in [5.74, 6) is 3.72. The van der Waals surface area contributed by atoms with E-state index in [1.54, 1.807) is 7.11 Å². The summed E-state index contributed by atoms with van der Waals surface area (Å²) in [6, 6.07) is 6.21. The highest BCUT2D eigenvalue weighted by atomic mass is 16.5. The van der Waals surface area contributed by atoms with E-state index in [-0.39, 0.29) is 0 Å². The van der Waals surface area contributed by atoms with Crippen LogP contribution in [0.15, 0.2) is 18.2 Å². The van der Waals surface area contributed by atoms with E-state index in [0.717, 1.165) is 28.7 Å². The molecule has 1 aromatic heterocycles. The fourth-order valence-corrected chi connectivity index (χ4v) is 4.16. The van der Waals surface area contributed by atoms with Gasteiger partial charge in [-0.1, -0.05) is 18.1 Å². The van der Waals surface area contributed by atoms with Gasteiger partial charge in [-0.25, -0.2) is 0 Å². The van der Waals surface area contributed by atoms with Crippen molar-refractivity contribution < 1.29 is 4.74 Å². The first-order chi connectivity index (χ1) is 10.2. The van der Waals surface area contributed by atoms with Crippen LogP contribution in [0.1, 0.15) is 36.4 Å². The zero-order valence-electron chi connectivity index (χ0n) is 12.5. The number of fused-ring (bicyclic) bond motifs is 1. The van der Waals surface area contributed by atoms with E-state index in [2.05, 4.69) is 29.3 Å². The number of H-pyrrole nitrogens is 1. The second-order valence-corrected chi connectivity index (χ2v) is 6.39. The van der Waals surface area contributed by atoms with Gasteiger partial charge in [0.15, 0.2) is 5.82 Å². The third-order valence-electron chi connectivity index (χ3n) is 5.19. The minimum Gasteiger partial charge on any atom is -0.496 e. The summed E-state index contributed by atoms with van der Waals surface area (Å²) in [6.45, 7) is 2.09. The largest absolute Gasteiger partial charge is 0.496 e. The van der Waals surface area contributed by atoms with E-state index in [4.69, 9.17) is 10.5 Å². The maximum absolute atomic E-state index is 6.17. The highest BCUT2D eigenvalue weighted by Gasteiger charge is 2.55. The number of benzene rings is 1. The lowest BCUT2D eigenvalue weighted by molar-refractivity contribution is 0.416. The third kappa shape index (κ3) is 1.85. The maximum atomic E-state index is 6.17. The summed E-state index contributed by atoms with van der Waals surface area (Å²) in [6.07, 6.45) is 4.07. The fraction of sp³-hybridized carbons (Fsp3) is 0.471. The number of nitrogens with one attached hydrogen (secondary N) is 1. The molecular formula is C17H21N3O. The van der Waals surface area contributed by atoms with Gasteiger partial charge in [0, 0.05) is 17.2 Å². The van der Waals surface area contributed by atoms with E-state index in [1.807, 2.05) is 6.07 Å². The van der Waals surface area contributed by atoms with Crippen LogP contribution >= 0.6 is 0 Å². The molecule has 21 heavy (non-hydrogen) atoms. The Bertz CT molecular complexity index is 681. The van der Waals surface area contributed by atoms with Crippen LogP contribution in [0.4, 0.5) is 5.82 Å². The Kier molecular flexibility index (Phi) is 2.74. The Morgan fingerprint density at radius 2 is 2.05 bits per heavy atom. The van der Waals surface area contributed by atoms with Gasteiger partial charge in [0.25, 0.3) is 0 Å². The van der Waals surface area contributed by atoms with Crippen LogP contribution in [-0.2, 0) is 0 Å². The van der Waals surface area contributed by atoms with Gasteiger partial charge in [-0.15, -0.1) is 0 Å². The van der Waals surface area contributed by atoms with Crippen molar-refractivity contribution in [2.24, 2.45) is 11.8 Å². The summed E-state index contributed by atoms with van der Waals surface area (Å²) in [4.78, 5) is 0. The standard InChI is InChI=1S/C17H21N3O/c1-9-6-7-13(21-2)12(8-9)15-16(19-20-17(15)18)14-10-4-3-5-11(10)14/h6-8,10-11,14H,3-5H2,1-2H3,(H3,18,19,20). The van der Waals surface area contributed by atoms with Crippen LogP contribution < -0.4 is 10.5 Å². The van der Waals surface area contributed by atoms with Crippen molar-refractivity contribution in [2.45, 2.75) is 32.1 Å². The molecule has 2 atom stereocenters. The number of aryl methyl sites for hydroxylation is 1. The average Bonchev–Trinajstić information content (AvgIpc) is 2.85. The number of hydrogen-bond acceptors (Lipinski definition) is 3. The zero-order valence-corrected chi connectivity index (χ0v) is 12.5. The van der Waals surface area contributed by atoms with Crippen molar-refractivity contribution in [1.29, 1.82) is 0 Å². The zero-order chi connectivity index (χ0) is 14.6. The SMILES string of the molecule is COc1ccc(C)cc1-c1c(N)n[nH]c1C1C2CCCC21. The average molecular weight is 283 g/mol. The number of nitrogens with zero attached hydrogens (tertiary/aromatic N) is 1. The molecule has 4 rings (SSSR count). The van der Waals surface area contributed by atoms with Gasteiger partial charge in [0.2, 0.25) is 0 Å². The Hall–Kier alpha value is -1.97. The molecule has 0 amide bonds. The van der Waals surface area contributed by atoms with Crippen LogP contribution in [0.25, 0.3) is 11.1 Å². The molecule has 0 bridgehead atoms. The number of nitrogens with two attached hydrogens (primary N) is 1. The molecular weight excluding hydrogens is 262 g/mol. The number of aromatic nitrogens is 2. The van der Waals surface area contributed by atoms with Crippen molar-refractivity contribution in [3.05, 3.63) is 29.5 Å². The molecule has 2 aliphatic carbocycles. The number of hydrogen-bond donors (Lipinski definition) is 2. The molecule has 4 heteroatoms. The molecule has 2 saturated carbocycles. The number of nitrogen functional groups attached to an aromatic ring is 1. The molecule has 2 unspecified atom stereocenters. The number of rotatable bonds is 3. The molecule has 110 valence electrons. The molecule has 0 saturated heterocycles. The first-order valence-corrected chi connectivity index (χ1v) is 7.69. The molecule has 2 aromatic rings. The molecule has 0 spiro atoms. The summed E-state index contributed by atoms with van der Waals surface area (Å²) in [7, 11) is 1.70. The van der Waals surface area contributed by atoms with Gasteiger partial charge in [-0.05, 0) is 43.7 Å². The van der Waals surface area contributed by atoms with Crippen LogP contribution in [0.3, 0.4) is 0 Å². The Morgan fingerprint density at radius 1 is 1.29 bits per heavy atom. The molecule has 1 aromatic carbocycles. The summed E-state index contributed by atoms with van der Waals surface area (Å²) in [5, 5.41) is 7.49. The highest BCUT2D eigenvalue weighted by molar-refractivity contribution is 5.82. The predicted octanol–water partition coefficient (Wildman–Crippen LogP) is 3.49. The molecule has 0 aliphatic heterocycles. The van der Waals surface area contributed by atoms with E-state index in [1.165, 1.54) is 30.5 Å². The van der Waals surface area contributed by atoms with Crippen LogP contribution in [0, 0.1) is 18.8 Å². The van der Waals surface area contributed by atoms with E-state index >= 15 is 0 Å². The molecule has 1 heterocycles. The van der Waals surface area contributed by atoms with E-state index < -0.39 is 0 Å². The normalized spacial score (nSPS) is 26.7. The lowest BCUT2D eigenvalue weighted by Gasteiger charge is -2.11. The predicted molar refractivity (Wildman–Crippen MR) is 83.3 cm³/mol. The van der Waals surface area contributed by atoms with Gasteiger partial charge in [-0.3, -0.25) is 5.10 Å². The first-order valence-electron chi connectivity index (χ1n) is 7.69. The number of ether oxygens (including phenoxy) is 1. The monoisotopic (exact) mass is 283 g/mol. The quantitative estimate of drug-likeness (QED) is 0.906. The summed E-state index contributed by atoms with van der Waals surface area (Å²) < 4.78 is 5.53. The van der Waals surface area contributed by atoms with E-state index in [9.17, 15) is 0 Å². The minimum absolute atomic E-state index is 0.582. The van der Waals surface area contributed by atoms with Crippen molar-refractivity contribution >= 4 is 5.82 Å². The van der Waals surface area contributed by atoms with Gasteiger partial charge < -0.3 is 10.5 Å². The van der Waals surface area contributed by atoms with Crippen LogP contribution in [0.5, 0.6) is 5.75 Å². The molecule has 4 nitrogen and oxygen atoms in total. The second-order valence-electron chi connectivity index (χ2n) is 6.39. The number of methoxy groups -OCH3 is 1. The third-order valence-corrected chi connectivity index (χ3v) is 5.19. The lowest BCUT2D eigenvalue weighted by Crippen LogP contribution is -1.96. The topological polar surface area (TPSA) is 63.9 Å². The molecule has 0 radical (unpaired) electrons. The molecule has 2 fully saturated rings. The van der Waals surface area contributed by atoms with E-state index in [0.29, 0.717) is 11.7 Å². The van der Waals surface area contributed by atoms with Gasteiger partial charge in [0.05, 0.1) is 12.7 Å². The smallest absolute Gasteiger partial charge is 0.153 e. The van der Waals surface area contributed by atoms with Gasteiger partial charge in [0.1, 0.15) is 5.75 Å². The highest BCUT2D eigenvalue weighted by Crippen LogP contribution is 2.64. The Labute approximate surface area is 124 Å². The Morgan fingerprint density at radius 3 is 2.76 bits per heavy atom. The summed E-state index contributed by atoms with van der Waals surface area (Å²) in [5.41, 5.74) is 10.7. The number of aromatic amines is 1. The molecule has 3 N–H and O–H groups in total. The van der Waals surface area contributed by atoms with Crippen LogP contribution in [-0.4, -0.2) is 17.3 Å². The minimum atomic E-state index is 0.582. The maximum Gasteiger partial charge on any atom is 0.153 e. The molecule has 2 aliphatic rings. The van der Waals surface area contributed by atoms with Crippen molar-refractivity contribution in [3.8, 4) is 16.9 Å². The van der Waals surface area contributed by atoms with Gasteiger partial charge in [-0.2, -0.15) is 5.10 Å². The number of anilines is 1. The van der Waals surface area contributed by atoms with Crippen molar-refractivity contribution in [3.63, 3.8) is 0 Å². The van der Waals surface area contributed by atoms with Crippen LogP contribution in [0.2, 0.25) is 0 Å². The lowest BCUT2D eigenvalue weighted by atomic mass is 9.97. The second kappa shape index (κ2) is 4.52. The Balaban J connectivity index is 1.82. The van der Waals surface area contributed by atoms with Crippen molar-refractivity contribution in [2.75, 3.05) is 12.8 Å². The van der Waals surface area contributed by atoms with Gasteiger partial charge >= 0.3 is 0 Å². The fourth-order valence-electron chi connectivity index (χ4n) is 4.16. The summed E-state index contributed by atoms with van der Waals surface area (Å²) >= 11 is 0.